The van der Waals surface area contributed by atoms with Gasteiger partial charge in [0.05, 0.1) is 0 Å². The molecule has 34 heavy (non-hydrogen) atoms. The molecule has 1 atom stereocenters. The van der Waals surface area contributed by atoms with Crippen LogP contribution in [0.2, 0.25) is 0 Å². The molecule has 0 aliphatic carbocycles. The molecule has 184 valence electrons. The maximum Gasteiger partial charge on any atom is 0.410 e. The number of aromatic nitrogens is 1. The number of unbranched alkanes of at least 4 members (excludes halogenated alkanes) is 1. The number of rotatable bonds is 12. The van der Waals surface area contributed by atoms with Crippen LogP contribution in [-0.2, 0) is 9.53 Å². The third-order valence-corrected chi connectivity index (χ3v) is 4.63. The maximum atomic E-state index is 12.3. The minimum absolute atomic E-state index is 0.0444. The number of azo groups is 1. The van der Waals surface area contributed by atoms with E-state index >= 15 is 0 Å². The van der Waals surface area contributed by atoms with Crippen LogP contribution in [0, 0.1) is 5.92 Å². The standard InChI is InChI=1S/C23H33N7O4/c1-15(2)26-23(32)34-14-33-19-10-5-4-9-17(19)29-30-18-11-12-20(27-21(18)25)28-22(31)16(3)8-6-7-13-24/h4-5,9-12,15-16H,6-8,13-14,24H2,1-3H3,(H,26,32)(H3,25,27,28,31)/t16-/m0/s1. The molecule has 0 radical (unpaired) electrons. The van der Waals surface area contributed by atoms with Crippen molar-refractivity contribution in [2.75, 3.05) is 24.4 Å². The molecular weight excluding hydrogens is 438 g/mol. The second kappa shape index (κ2) is 13.7. The Morgan fingerprint density at radius 1 is 1.06 bits per heavy atom. The zero-order valence-electron chi connectivity index (χ0n) is 19.8. The first-order valence-electron chi connectivity index (χ1n) is 11.1. The Morgan fingerprint density at radius 3 is 2.50 bits per heavy atom. The number of pyridine rings is 1. The molecule has 0 saturated heterocycles. The maximum absolute atomic E-state index is 12.3. The van der Waals surface area contributed by atoms with Crippen LogP contribution in [0.25, 0.3) is 0 Å². The number of amides is 2. The predicted octanol–water partition coefficient (Wildman–Crippen LogP) is 4.25. The molecule has 0 unspecified atom stereocenters. The van der Waals surface area contributed by atoms with E-state index in [1.165, 1.54) is 0 Å². The molecule has 0 fully saturated rings. The lowest BCUT2D eigenvalue weighted by molar-refractivity contribution is -0.119. The van der Waals surface area contributed by atoms with Gasteiger partial charge in [-0.2, -0.15) is 0 Å². The molecule has 0 saturated carbocycles. The first kappa shape index (κ1) is 26.5. The number of alkyl carbamates (subject to hydrolysis) is 1. The van der Waals surface area contributed by atoms with Gasteiger partial charge in [-0.25, -0.2) is 9.78 Å². The Hall–Kier alpha value is -3.73. The molecule has 0 aliphatic heterocycles. The summed E-state index contributed by atoms with van der Waals surface area (Å²) in [5, 5.41) is 13.7. The van der Waals surface area contributed by atoms with Crippen molar-refractivity contribution >= 4 is 35.0 Å². The molecule has 0 bridgehead atoms. The first-order chi connectivity index (χ1) is 16.3. The minimum Gasteiger partial charge on any atom is -0.455 e. The van der Waals surface area contributed by atoms with Crippen LogP contribution in [0.3, 0.4) is 0 Å². The Bertz CT molecular complexity index is 982. The van der Waals surface area contributed by atoms with Gasteiger partial charge >= 0.3 is 6.09 Å². The van der Waals surface area contributed by atoms with Crippen LogP contribution in [0.5, 0.6) is 5.75 Å². The Labute approximate surface area is 199 Å². The molecule has 11 heteroatoms. The minimum atomic E-state index is -0.579. The van der Waals surface area contributed by atoms with Gasteiger partial charge in [0.1, 0.15) is 17.2 Å². The molecule has 2 rings (SSSR count). The largest absolute Gasteiger partial charge is 0.455 e. The van der Waals surface area contributed by atoms with Crippen LogP contribution in [-0.4, -0.2) is 36.4 Å². The van der Waals surface area contributed by atoms with E-state index in [0.29, 0.717) is 29.5 Å². The van der Waals surface area contributed by atoms with Gasteiger partial charge in [-0.05, 0) is 57.5 Å². The molecule has 1 heterocycles. The van der Waals surface area contributed by atoms with Crippen LogP contribution < -0.4 is 26.8 Å². The van der Waals surface area contributed by atoms with Crippen molar-refractivity contribution in [2.24, 2.45) is 21.9 Å². The Morgan fingerprint density at radius 2 is 1.79 bits per heavy atom. The first-order valence-corrected chi connectivity index (χ1v) is 11.1. The van der Waals surface area contributed by atoms with Gasteiger partial charge in [-0.3, -0.25) is 4.79 Å². The van der Waals surface area contributed by atoms with Gasteiger partial charge in [0.15, 0.2) is 11.6 Å². The molecule has 11 nitrogen and oxygen atoms in total. The lowest BCUT2D eigenvalue weighted by Crippen LogP contribution is -2.31. The van der Waals surface area contributed by atoms with Gasteiger partial charge in [0.25, 0.3) is 0 Å². The highest BCUT2D eigenvalue weighted by atomic mass is 16.7. The van der Waals surface area contributed by atoms with E-state index in [1.807, 2.05) is 20.8 Å². The Balaban J connectivity index is 1.98. The van der Waals surface area contributed by atoms with Crippen molar-refractivity contribution in [3.05, 3.63) is 36.4 Å². The van der Waals surface area contributed by atoms with Crippen LogP contribution in [0.15, 0.2) is 46.6 Å². The third kappa shape index (κ3) is 9.02. The third-order valence-electron chi connectivity index (χ3n) is 4.63. The summed E-state index contributed by atoms with van der Waals surface area (Å²) in [6, 6.07) is 10.1. The van der Waals surface area contributed by atoms with E-state index in [9.17, 15) is 9.59 Å². The monoisotopic (exact) mass is 471 g/mol. The molecule has 2 amide bonds. The Kier molecular flexibility index (Phi) is 10.7. The molecule has 6 N–H and O–H groups in total. The molecule has 1 aromatic heterocycles. The van der Waals surface area contributed by atoms with Gasteiger partial charge in [0.2, 0.25) is 12.7 Å². The van der Waals surface area contributed by atoms with E-state index in [-0.39, 0.29) is 30.5 Å². The highest BCUT2D eigenvalue weighted by molar-refractivity contribution is 5.91. The number of carbonyl (C=O) groups is 2. The van der Waals surface area contributed by atoms with E-state index in [1.54, 1.807) is 36.4 Å². The van der Waals surface area contributed by atoms with Crippen molar-refractivity contribution in [1.29, 1.82) is 0 Å². The second-order valence-electron chi connectivity index (χ2n) is 7.94. The topological polar surface area (TPSA) is 166 Å². The number of ether oxygens (including phenoxy) is 2. The summed E-state index contributed by atoms with van der Waals surface area (Å²) >= 11 is 0. The summed E-state index contributed by atoms with van der Waals surface area (Å²) in [6.07, 6.45) is 1.95. The van der Waals surface area contributed by atoms with E-state index in [0.717, 1.165) is 19.3 Å². The average Bonchev–Trinajstić information content (AvgIpc) is 2.79. The number of benzene rings is 1. The number of carbonyl (C=O) groups excluding carboxylic acids is 2. The van der Waals surface area contributed by atoms with Crippen LogP contribution in [0.1, 0.15) is 40.0 Å². The highest BCUT2D eigenvalue weighted by Crippen LogP contribution is 2.30. The van der Waals surface area contributed by atoms with E-state index in [2.05, 4.69) is 25.8 Å². The fourth-order valence-corrected chi connectivity index (χ4v) is 2.79. The SMILES string of the molecule is CC(C)NC(=O)OCOc1ccccc1N=Nc1ccc(NC(=O)[C@@H](C)CCCCN)nc1N. The summed E-state index contributed by atoms with van der Waals surface area (Å²) in [5.41, 5.74) is 12.2. The predicted molar refractivity (Wildman–Crippen MR) is 130 cm³/mol. The summed E-state index contributed by atoms with van der Waals surface area (Å²) in [7, 11) is 0. The van der Waals surface area contributed by atoms with E-state index < -0.39 is 6.09 Å². The van der Waals surface area contributed by atoms with Crippen molar-refractivity contribution in [1.82, 2.24) is 10.3 Å². The number of nitrogens with two attached hydrogens (primary N) is 2. The van der Waals surface area contributed by atoms with Crippen molar-refractivity contribution in [3.63, 3.8) is 0 Å². The summed E-state index contributed by atoms with van der Waals surface area (Å²) < 4.78 is 10.5. The number of anilines is 2. The quantitative estimate of drug-likeness (QED) is 0.204. The normalized spacial score (nSPS) is 11.9. The van der Waals surface area contributed by atoms with Gasteiger partial charge in [-0.1, -0.05) is 25.5 Å². The number of nitrogen functional groups attached to an aromatic ring is 1. The number of nitrogens with one attached hydrogen (secondary N) is 2. The summed E-state index contributed by atoms with van der Waals surface area (Å²) in [6.45, 7) is 5.84. The van der Waals surface area contributed by atoms with Gasteiger partial charge in [0, 0.05) is 12.0 Å². The fourth-order valence-electron chi connectivity index (χ4n) is 2.79. The molecular formula is C23H33N7O4. The number of nitrogens with zero attached hydrogens (tertiary/aromatic N) is 3. The molecule has 0 aliphatic rings. The molecule has 2 aromatic rings. The average molecular weight is 472 g/mol. The summed E-state index contributed by atoms with van der Waals surface area (Å²) in [5.74, 6) is 0.541. The van der Waals surface area contributed by atoms with Crippen LogP contribution >= 0.6 is 0 Å². The van der Waals surface area contributed by atoms with Crippen LogP contribution in [0.4, 0.5) is 27.8 Å². The zero-order chi connectivity index (χ0) is 24.9. The number of hydrogen-bond donors (Lipinski definition) is 4. The van der Waals surface area contributed by atoms with E-state index in [4.69, 9.17) is 20.9 Å². The van der Waals surface area contributed by atoms with Gasteiger partial charge in [-0.15, -0.1) is 10.2 Å². The smallest absolute Gasteiger partial charge is 0.410 e. The summed E-state index contributed by atoms with van der Waals surface area (Å²) in [4.78, 5) is 28.1. The zero-order valence-corrected chi connectivity index (χ0v) is 19.8. The number of hydrogen-bond acceptors (Lipinski definition) is 9. The number of para-hydroxylation sites is 1. The molecule has 0 spiro atoms. The van der Waals surface area contributed by atoms with Crippen molar-refractivity contribution < 1.29 is 19.1 Å². The molecule has 1 aromatic carbocycles. The fraction of sp³-hybridized carbons (Fsp3) is 0.435. The van der Waals surface area contributed by atoms with Gasteiger partial charge < -0.3 is 31.6 Å². The highest BCUT2D eigenvalue weighted by Gasteiger charge is 2.14. The van der Waals surface area contributed by atoms with Crippen molar-refractivity contribution in [2.45, 2.75) is 46.1 Å². The lowest BCUT2D eigenvalue weighted by Gasteiger charge is -2.12. The van der Waals surface area contributed by atoms with Crippen molar-refractivity contribution in [3.8, 4) is 5.75 Å². The lowest BCUT2D eigenvalue weighted by atomic mass is 10.0. The second-order valence-corrected chi connectivity index (χ2v) is 7.94.